The van der Waals surface area contributed by atoms with Crippen molar-refractivity contribution in [3.8, 4) is 5.75 Å². The van der Waals surface area contributed by atoms with Crippen LogP contribution in [0, 0.1) is 5.82 Å². The Bertz CT molecular complexity index is 565. The zero-order valence-electron chi connectivity index (χ0n) is 11.7. The van der Waals surface area contributed by atoms with Gasteiger partial charge < -0.3 is 15.6 Å². The Kier molecular flexibility index (Phi) is 6.62. The van der Waals surface area contributed by atoms with Crippen LogP contribution in [0.4, 0.5) is 4.39 Å². The predicted molar refractivity (Wildman–Crippen MR) is 83.3 cm³/mol. The van der Waals surface area contributed by atoms with Crippen LogP contribution in [0.15, 0.2) is 48.5 Å². The van der Waals surface area contributed by atoms with Crippen LogP contribution < -0.4 is 10.5 Å². The van der Waals surface area contributed by atoms with Gasteiger partial charge in [0.2, 0.25) is 0 Å². The van der Waals surface area contributed by atoms with E-state index in [2.05, 4.69) is 0 Å². The SMILES string of the molecule is COc1cc([C@@H](N)[C@@H](O)Cc2ccccc2)ccc1F.Cl. The first kappa shape index (κ1) is 17.4. The number of ether oxygens (including phenoxy) is 1. The van der Waals surface area contributed by atoms with Crippen molar-refractivity contribution in [3.05, 3.63) is 65.5 Å². The summed E-state index contributed by atoms with van der Waals surface area (Å²) >= 11 is 0. The Balaban J connectivity index is 0.00000220. The summed E-state index contributed by atoms with van der Waals surface area (Å²) in [5.41, 5.74) is 7.68. The second kappa shape index (κ2) is 7.98. The van der Waals surface area contributed by atoms with Crippen molar-refractivity contribution in [3.63, 3.8) is 0 Å². The van der Waals surface area contributed by atoms with Gasteiger partial charge in [0.25, 0.3) is 0 Å². The van der Waals surface area contributed by atoms with Crippen LogP contribution in [0.3, 0.4) is 0 Å². The predicted octanol–water partition coefficient (Wildman–Crippen LogP) is 2.86. The number of aliphatic hydroxyl groups excluding tert-OH is 1. The molecule has 5 heteroatoms. The van der Waals surface area contributed by atoms with Crippen molar-refractivity contribution in [2.45, 2.75) is 18.6 Å². The molecular weight excluding hydrogens is 293 g/mol. The van der Waals surface area contributed by atoms with E-state index in [4.69, 9.17) is 10.5 Å². The molecule has 2 atom stereocenters. The zero-order chi connectivity index (χ0) is 14.5. The van der Waals surface area contributed by atoms with Crippen LogP contribution in [-0.2, 0) is 6.42 Å². The molecule has 2 rings (SSSR count). The van der Waals surface area contributed by atoms with E-state index in [0.29, 0.717) is 12.0 Å². The summed E-state index contributed by atoms with van der Waals surface area (Å²) in [6, 6.07) is 13.4. The van der Waals surface area contributed by atoms with Gasteiger partial charge in [-0.25, -0.2) is 4.39 Å². The number of aliphatic hydroxyl groups is 1. The molecule has 3 N–H and O–H groups in total. The number of halogens is 2. The minimum atomic E-state index is -0.743. The Morgan fingerprint density at radius 1 is 1.19 bits per heavy atom. The third-order valence-corrected chi connectivity index (χ3v) is 3.26. The molecule has 0 spiro atoms. The van der Waals surface area contributed by atoms with Gasteiger partial charge in [0.05, 0.1) is 19.3 Å². The number of nitrogens with two attached hydrogens (primary N) is 1. The van der Waals surface area contributed by atoms with Crippen LogP contribution in [0.1, 0.15) is 17.2 Å². The van der Waals surface area contributed by atoms with Gasteiger partial charge in [-0.3, -0.25) is 0 Å². The third-order valence-electron chi connectivity index (χ3n) is 3.26. The summed E-state index contributed by atoms with van der Waals surface area (Å²) in [5.74, 6) is -0.314. The molecule has 0 saturated heterocycles. The van der Waals surface area contributed by atoms with E-state index in [0.717, 1.165) is 5.56 Å². The van der Waals surface area contributed by atoms with E-state index < -0.39 is 18.0 Å². The zero-order valence-corrected chi connectivity index (χ0v) is 12.5. The minimum absolute atomic E-state index is 0. The smallest absolute Gasteiger partial charge is 0.165 e. The van der Waals surface area contributed by atoms with Crippen LogP contribution >= 0.6 is 12.4 Å². The van der Waals surface area contributed by atoms with Crippen molar-refractivity contribution in [2.24, 2.45) is 5.73 Å². The number of rotatable bonds is 5. The Hall–Kier alpha value is -1.62. The molecule has 0 aliphatic rings. The van der Waals surface area contributed by atoms with Crippen LogP contribution in [0.5, 0.6) is 5.75 Å². The molecular formula is C16H19ClFNO2. The van der Waals surface area contributed by atoms with Gasteiger partial charge >= 0.3 is 0 Å². The van der Waals surface area contributed by atoms with E-state index in [1.165, 1.54) is 19.2 Å². The van der Waals surface area contributed by atoms with Gasteiger partial charge in [-0.05, 0) is 23.3 Å². The first-order valence-electron chi connectivity index (χ1n) is 6.43. The van der Waals surface area contributed by atoms with E-state index in [1.54, 1.807) is 6.07 Å². The second-order valence-corrected chi connectivity index (χ2v) is 4.68. The van der Waals surface area contributed by atoms with Gasteiger partial charge in [-0.15, -0.1) is 12.4 Å². The molecule has 0 aliphatic carbocycles. The number of hydrogen-bond acceptors (Lipinski definition) is 3. The summed E-state index contributed by atoms with van der Waals surface area (Å²) in [7, 11) is 1.40. The van der Waals surface area contributed by atoms with Crippen molar-refractivity contribution >= 4 is 12.4 Å². The van der Waals surface area contributed by atoms with Crippen LogP contribution in [0.25, 0.3) is 0 Å². The van der Waals surface area contributed by atoms with Crippen LogP contribution in [-0.4, -0.2) is 18.3 Å². The molecule has 2 aromatic rings. The number of benzene rings is 2. The lowest BCUT2D eigenvalue weighted by Crippen LogP contribution is -2.28. The highest BCUT2D eigenvalue weighted by Gasteiger charge is 2.18. The Morgan fingerprint density at radius 3 is 2.48 bits per heavy atom. The fraction of sp³-hybridized carbons (Fsp3) is 0.250. The second-order valence-electron chi connectivity index (χ2n) is 4.68. The van der Waals surface area contributed by atoms with E-state index in [-0.39, 0.29) is 18.2 Å². The maximum Gasteiger partial charge on any atom is 0.165 e. The quantitative estimate of drug-likeness (QED) is 0.892. The van der Waals surface area contributed by atoms with E-state index in [9.17, 15) is 9.50 Å². The van der Waals surface area contributed by atoms with Crippen molar-refractivity contribution < 1.29 is 14.2 Å². The largest absolute Gasteiger partial charge is 0.494 e. The summed E-state index contributed by atoms with van der Waals surface area (Å²) in [6.07, 6.45) is -0.297. The molecule has 0 heterocycles. The molecule has 0 fully saturated rings. The molecule has 0 bridgehead atoms. The highest BCUT2D eigenvalue weighted by molar-refractivity contribution is 5.85. The van der Waals surface area contributed by atoms with Crippen molar-refractivity contribution in [1.29, 1.82) is 0 Å². The van der Waals surface area contributed by atoms with Gasteiger partial charge in [0.15, 0.2) is 11.6 Å². The first-order valence-corrected chi connectivity index (χ1v) is 6.43. The average molecular weight is 312 g/mol. The summed E-state index contributed by atoms with van der Waals surface area (Å²) in [5, 5.41) is 10.2. The molecule has 114 valence electrons. The highest BCUT2D eigenvalue weighted by Crippen LogP contribution is 2.24. The lowest BCUT2D eigenvalue weighted by Gasteiger charge is -2.20. The molecule has 0 unspecified atom stereocenters. The Morgan fingerprint density at radius 2 is 1.86 bits per heavy atom. The monoisotopic (exact) mass is 311 g/mol. The van der Waals surface area contributed by atoms with Crippen LogP contribution in [0.2, 0.25) is 0 Å². The van der Waals surface area contributed by atoms with Gasteiger partial charge in [-0.1, -0.05) is 36.4 Å². The molecule has 21 heavy (non-hydrogen) atoms. The summed E-state index contributed by atoms with van der Waals surface area (Å²) in [6.45, 7) is 0. The fourth-order valence-corrected chi connectivity index (χ4v) is 2.09. The topological polar surface area (TPSA) is 55.5 Å². The normalized spacial score (nSPS) is 13.1. The number of methoxy groups -OCH3 is 1. The molecule has 0 amide bonds. The van der Waals surface area contributed by atoms with E-state index >= 15 is 0 Å². The van der Waals surface area contributed by atoms with Crippen molar-refractivity contribution in [2.75, 3.05) is 7.11 Å². The standard InChI is InChI=1S/C16H18FNO2.ClH/c1-20-15-10-12(7-8-13(15)17)16(18)14(19)9-11-5-3-2-4-6-11;/h2-8,10,14,16,19H,9,18H2,1H3;1H/t14-,16+;/m0./s1. The number of hydrogen-bond donors (Lipinski definition) is 2. The highest BCUT2D eigenvalue weighted by atomic mass is 35.5. The lowest BCUT2D eigenvalue weighted by molar-refractivity contribution is 0.145. The first-order chi connectivity index (χ1) is 9.61. The van der Waals surface area contributed by atoms with E-state index in [1.807, 2.05) is 30.3 Å². The molecule has 0 radical (unpaired) electrons. The van der Waals surface area contributed by atoms with Gasteiger partial charge in [-0.2, -0.15) is 0 Å². The summed E-state index contributed by atoms with van der Waals surface area (Å²) in [4.78, 5) is 0. The van der Waals surface area contributed by atoms with Crippen molar-refractivity contribution in [1.82, 2.24) is 0 Å². The lowest BCUT2D eigenvalue weighted by atomic mass is 9.96. The summed E-state index contributed by atoms with van der Waals surface area (Å²) < 4.78 is 18.3. The Labute approximate surface area is 130 Å². The molecule has 2 aromatic carbocycles. The molecule has 0 aromatic heterocycles. The molecule has 0 aliphatic heterocycles. The maximum absolute atomic E-state index is 13.4. The molecule has 0 saturated carbocycles. The van der Waals surface area contributed by atoms with Gasteiger partial charge in [0, 0.05) is 6.42 Å². The fourth-order valence-electron chi connectivity index (χ4n) is 2.09. The molecule has 3 nitrogen and oxygen atoms in total. The minimum Gasteiger partial charge on any atom is -0.494 e. The maximum atomic E-state index is 13.4. The van der Waals surface area contributed by atoms with Gasteiger partial charge in [0.1, 0.15) is 0 Å². The third kappa shape index (κ3) is 4.43. The average Bonchev–Trinajstić information content (AvgIpc) is 2.48.